The number of nitrogens with one attached hydrogen (secondary N) is 1. The fourth-order valence-corrected chi connectivity index (χ4v) is 6.97. The van der Waals surface area contributed by atoms with Crippen LogP contribution < -0.4 is 14.4 Å². The molecule has 0 unspecified atom stereocenters. The van der Waals surface area contributed by atoms with Gasteiger partial charge in [-0.05, 0) is 68.3 Å². The van der Waals surface area contributed by atoms with Gasteiger partial charge in [-0.15, -0.1) is 0 Å². The van der Waals surface area contributed by atoms with Crippen molar-refractivity contribution in [2.45, 2.75) is 50.7 Å². The molecule has 0 fully saturated rings. The van der Waals surface area contributed by atoms with E-state index in [0.717, 1.165) is 15.4 Å². The van der Waals surface area contributed by atoms with Crippen LogP contribution in [0.3, 0.4) is 0 Å². The minimum atomic E-state index is -4.29. The van der Waals surface area contributed by atoms with E-state index < -0.39 is 34.4 Å². The van der Waals surface area contributed by atoms with Crippen molar-refractivity contribution in [1.29, 1.82) is 0 Å². The zero-order valence-corrected chi connectivity index (χ0v) is 28.4. The molecule has 0 saturated carbocycles. The molecule has 0 radical (unpaired) electrons. The van der Waals surface area contributed by atoms with E-state index >= 15 is 0 Å². The summed E-state index contributed by atoms with van der Waals surface area (Å²) in [7, 11) is -2.86. The van der Waals surface area contributed by atoms with Crippen molar-refractivity contribution in [3.8, 4) is 5.75 Å². The van der Waals surface area contributed by atoms with Gasteiger partial charge in [0.15, 0.2) is 0 Å². The summed E-state index contributed by atoms with van der Waals surface area (Å²) in [5, 5.41) is 3.54. The molecule has 0 aliphatic carbocycles. The number of hydrogen-bond donors (Lipinski definition) is 1. The van der Waals surface area contributed by atoms with Crippen LogP contribution in [0.5, 0.6) is 5.75 Å². The van der Waals surface area contributed by atoms with E-state index in [0.29, 0.717) is 15.6 Å². The Balaban J connectivity index is 1.88. The Morgan fingerprint density at radius 2 is 1.48 bits per heavy atom. The van der Waals surface area contributed by atoms with E-state index in [1.165, 1.54) is 24.1 Å². The Kier molecular flexibility index (Phi) is 11.7. The summed E-state index contributed by atoms with van der Waals surface area (Å²) in [5.74, 6) is -0.781. The molecule has 11 heteroatoms. The molecule has 0 saturated heterocycles. The Morgan fingerprint density at radius 3 is 2.07 bits per heavy atom. The number of aryl methyl sites for hydroxylation is 1. The van der Waals surface area contributed by atoms with Crippen LogP contribution in [-0.4, -0.2) is 50.9 Å². The van der Waals surface area contributed by atoms with Crippen molar-refractivity contribution in [2.75, 3.05) is 18.0 Å². The first-order valence-electron chi connectivity index (χ1n) is 14.7. The molecule has 46 heavy (non-hydrogen) atoms. The maximum absolute atomic E-state index is 14.7. The number of benzene rings is 4. The lowest BCUT2D eigenvalue weighted by molar-refractivity contribution is -0.140. The Hall–Kier alpha value is -4.05. The molecular formula is C35H37Cl2N3O5S. The summed E-state index contributed by atoms with van der Waals surface area (Å²) in [4.78, 5) is 29.9. The SMILES string of the molecule is COc1ccc(C)cc1N(CC(=O)N(Cc1c(Cl)cccc1Cl)[C@H](Cc1ccccc1)C(=O)NC(C)C)S(=O)(=O)c1ccccc1. The van der Waals surface area contributed by atoms with Crippen LogP contribution in [0.2, 0.25) is 10.0 Å². The highest BCUT2D eigenvalue weighted by atomic mass is 35.5. The molecule has 4 rings (SSSR count). The van der Waals surface area contributed by atoms with E-state index in [4.69, 9.17) is 27.9 Å². The standard InChI is InChI=1S/C35H37Cl2N3O5S/c1-24(2)38-35(42)32(21-26-12-7-5-8-13-26)39(22-28-29(36)16-11-17-30(28)37)34(41)23-40(31-20-25(3)18-19-33(31)45-4)46(43,44)27-14-9-6-10-15-27/h5-20,24,32H,21-23H2,1-4H3,(H,38,42)/t32-/m1/s1. The number of carbonyl (C=O) groups is 2. The second-order valence-corrected chi connectivity index (χ2v) is 13.8. The van der Waals surface area contributed by atoms with Gasteiger partial charge in [-0.1, -0.05) is 83.9 Å². The third kappa shape index (κ3) is 8.40. The molecule has 242 valence electrons. The summed E-state index contributed by atoms with van der Waals surface area (Å²) in [6.07, 6.45) is 0.159. The Bertz CT molecular complexity index is 1750. The number of hydrogen-bond acceptors (Lipinski definition) is 5. The first-order chi connectivity index (χ1) is 21.9. The normalized spacial score (nSPS) is 12.0. The molecule has 2 amide bonds. The zero-order chi connectivity index (χ0) is 33.4. The number of amides is 2. The third-order valence-electron chi connectivity index (χ3n) is 7.31. The molecule has 4 aromatic rings. The predicted molar refractivity (Wildman–Crippen MR) is 183 cm³/mol. The average molecular weight is 683 g/mol. The topological polar surface area (TPSA) is 96.0 Å². The lowest BCUT2D eigenvalue weighted by Crippen LogP contribution is -2.54. The van der Waals surface area contributed by atoms with E-state index in [-0.39, 0.29) is 35.3 Å². The highest BCUT2D eigenvalue weighted by Crippen LogP contribution is 2.34. The van der Waals surface area contributed by atoms with Crippen LogP contribution in [0.25, 0.3) is 0 Å². The van der Waals surface area contributed by atoms with Gasteiger partial charge in [-0.3, -0.25) is 13.9 Å². The summed E-state index contributed by atoms with van der Waals surface area (Å²) in [6.45, 7) is 4.68. The molecule has 0 aromatic heterocycles. The van der Waals surface area contributed by atoms with E-state index in [9.17, 15) is 18.0 Å². The summed E-state index contributed by atoms with van der Waals surface area (Å²) < 4.78 is 35.1. The number of halogens is 2. The number of sulfonamides is 1. The van der Waals surface area contributed by atoms with Crippen LogP contribution in [0.1, 0.15) is 30.5 Å². The maximum atomic E-state index is 14.7. The Labute approximate surface area is 280 Å². The highest BCUT2D eigenvalue weighted by molar-refractivity contribution is 7.92. The quantitative estimate of drug-likeness (QED) is 0.170. The van der Waals surface area contributed by atoms with E-state index in [2.05, 4.69) is 5.32 Å². The number of rotatable bonds is 13. The van der Waals surface area contributed by atoms with Gasteiger partial charge in [-0.25, -0.2) is 8.42 Å². The molecule has 4 aromatic carbocycles. The zero-order valence-electron chi connectivity index (χ0n) is 26.1. The molecule has 0 spiro atoms. The van der Waals surface area contributed by atoms with Gasteiger partial charge >= 0.3 is 0 Å². The van der Waals surface area contributed by atoms with Gasteiger partial charge in [0.05, 0.1) is 17.7 Å². The molecule has 8 nitrogen and oxygen atoms in total. The first-order valence-corrected chi connectivity index (χ1v) is 16.9. The van der Waals surface area contributed by atoms with Crippen LogP contribution in [-0.2, 0) is 32.6 Å². The highest BCUT2D eigenvalue weighted by Gasteiger charge is 2.36. The minimum Gasteiger partial charge on any atom is -0.495 e. The fraction of sp³-hybridized carbons (Fsp3) is 0.257. The van der Waals surface area contributed by atoms with Crippen molar-refractivity contribution in [3.05, 3.63) is 124 Å². The molecule has 1 N–H and O–H groups in total. The van der Waals surface area contributed by atoms with Gasteiger partial charge in [0.1, 0.15) is 18.3 Å². The maximum Gasteiger partial charge on any atom is 0.264 e. The molecule has 0 bridgehead atoms. The molecule has 0 heterocycles. The van der Waals surface area contributed by atoms with Crippen LogP contribution in [0.15, 0.2) is 102 Å². The number of anilines is 1. The fourth-order valence-electron chi connectivity index (χ4n) is 5.02. The van der Waals surface area contributed by atoms with Crippen LogP contribution >= 0.6 is 23.2 Å². The number of nitrogens with zero attached hydrogens (tertiary/aromatic N) is 2. The molecule has 1 atom stereocenters. The van der Waals surface area contributed by atoms with Gasteiger partial charge in [0.25, 0.3) is 10.0 Å². The van der Waals surface area contributed by atoms with Crippen molar-refractivity contribution in [3.63, 3.8) is 0 Å². The number of methoxy groups -OCH3 is 1. The average Bonchev–Trinajstić information content (AvgIpc) is 3.03. The Morgan fingerprint density at radius 1 is 0.870 bits per heavy atom. The van der Waals surface area contributed by atoms with Gasteiger partial charge in [-0.2, -0.15) is 0 Å². The third-order valence-corrected chi connectivity index (χ3v) is 9.79. The van der Waals surface area contributed by atoms with Crippen LogP contribution in [0.4, 0.5) is 5.69 Å². The van der Waals surface area contributed by atoms with Crippen molar-refractivity contribution in [1.82, 2.24) is 10.2 Å². The summed E-state index contributed by atoms with van der Waals surface area (Å²) >= 11 is 13.1. The molecular weight excluding hydrogens is 645 g/mol. The lowest BCUT2D eigenvalue weighted by Gasteiger charge is -2.34. The van der Waals surface area contributed by atoms with Crippen molar-refractivity contribution < 1.29 is 22.7 Å². The van der Waals surface area contributed by atoms with E-state index in [1.54, 1.807) is 54.6 Å². The lowest BCUT2D eigenvalue weighted by atomic mass is 10.0. The smallest absolute Gasteiger partial charge is 0.264 e. The van der Waals surface area contributed by atoms with Crippen molar-refractivity contribution in [2.24, 2.45) is 0 Å². The summed E-state index contributed by atoms with van der Waals surface area (Å²) in [5.41, 5.74) is 2.18. The van der Waals surface area contributed by atoms with E-state index in [1.807, 2.05) is 51.1 Å². The number of ether oxygens (including phenoxy) is 1. The van der Waals surface area contributed by atoms with Gasteiger partial charge in [0, 0.05) is 34.6 Å². The largest absolute Gasteiger partial charge is 0.495 e. The van der Waals surface area contributed by atoms with Crippen LogP contribution in [0, 0.1) is 6.92 Å². The monoisotopic (exact) mass is 681 g/mol. The molecule has 0 aliphatic heterocycles. The summed E-state index contributed by atoms with van der Waals surface area (Å²) in [6, 6.07) is 26.0. The first kappa shape index (κ1) is 34.8. The minimum absolute atomic E-state index is 0.00885. The van der Waals surface area contributed by atoms with Gasteiger partial charge in [0.2, 0.25) is 11.8 Å². The van der Waals surface area contributed by atoms with Gasteiger partial charge < -0.3 is 15.0 Å². The molecule has 0 aliphatic rings. The predicted octanol–water partition coefficient (Wildman–Crippen LogP) is 6.67. The second kappa shape index (κ2) is 15.5. The van der Waals surface area contributed by atoms with Crippen molar-refractivity contribution >= 4 is 50.7 Å². The number of carbonyl (C=O) groups excluding carboxylic acids is 2. The second-order valence-electron chi connectivity index (χ2n) is 11.1.